The zero-order valence-electron chi connectivity index (χ0n) is 16.4. The van der Waals surface area contributed by atoms with E-state index in [-0.39, 0.29) is 0 Å². The predicted molar refractivity (Wildman–Crippen MR) is 117 cm³/mol. The average Bonchev–Trinajstić information content (AvgIpc) is 3.02. The lowest BCUT2D eigenvalue weighted by atomic mass is 10.1. The Morgan fingerprint density at radius 1 is 0.966 bits per heavy atom. The average molecular weight is 404 g/mol. The lowest BCUT2D eigenvalue weighted by Crippen LogP contribution is -2.15. The van der Waals surface area contributed by atoms with Crippen LogP contribution in [0.25, 0.3) is 10.2 Å². The molecule has 0 fully saturated rings. The van der Waals surface area contributed by atoms with E-state index < -0.39 is 0 Å². The van der Waals surface area contributed by atoms with Crippen LogP contribution in [0.2, 0.25) is 0 Å². The second-order valence-corrected chi connectivity index (χ2v) is 8.30. The third kappa shape index (κ3) is 3.51. The molecule has 146 valence electrons. The van der Waals surface area contributed by atoms with Crippen molar-refractivity contribution >= 4 is 33.1 Å². The fourth-order valence-corrected chi connectivity index (χ4v) is 4.55. The zero-order chi connectivity index (χ0) is 19.8. The van der Waals surface area contributed by atoms with Crippen molar-refractivity contribution in [2.75, 3.05) is 18.5 Å². The molecule has 2 aromatic heterocycles. The summed E-state index contributed by atoms with van der Waals surface area (Å²) in [6.45, 7) is 5.41. The van der Waals surface area contributed by atoms with Gasteiger partial charge in [0, 0.05) is 23.1 Å². The molecule has 0 radical (unpaired) electrons. The number of aryl methyl sites for hydroxylation is 2. The van der Waals surface area contributed by atoms with Crippen LogP contribution in [0.4, 0.5) is 11.5 Å². The Labute approximate surface area is 173 Å². The first-order chi connectivity index (χ1) is 14.2. The molecule has 0 aliphatic carbocycles. The van der Waals surface area contributed by atoms with Gasteiger partial charge in [-0.3, -0.25) is 0 Å². The molecule has 0 atom stereocenters. The fraction of sp³-hybridized carbons (Fsp3) is 0.217. The number of thiophene rings is 1. The topological polar surface area (TPSA) is 56.3 Å². The molecule has 5 rings (SSSR count). The molecule has 1 aliphatic rings. The molecule has 0 saturated carbocycles. The maximum atomic E-state index is 5.72. The van der Waals surface area contributed by atoms with Crippen LogP contribution in [-0.2, 0) is 6.42 Å². The van der Waals surface area contributed by atoms with Crippen LogP contribution < -0.4 is 14.8 Å². The van der Waals surface area contributed by atoms with Gasteiger partial charge in [0.2, 0.25) is 0 Å². The van der Waals surface area contributed by atoms with Crippen molar-refractivity contribution in [1.29, 1.82) is 0 Å². The maximum absolute atomic E-state index is 5.72. The Morgan fingerprint density at radius 3 is 2.59 bits per heavy atom. The molecule has 4 aromatic rings. The smallest absolute Gasteiger partial charge is 0.163 e. The highest BCUT2D eigenvalue weighted by Gasteiger charge is 2.17. The van der Waals surface area contributed by atoms with Gasteiger partial charge < -0.3 is 14.8 Å². The van der Waals surface area contributed by atoms with Crippen molar-refractivity contribution in [3.63, 3.8) is 0 Å². The minimum absolute atomic E-state index is 0.568. The van der Waals surface area contributed by atoms with Gasteiger partial charge in [0.15, 0.2) is 11.5 Å². The molecule has 29 heavy (non-hydrogen) atoms. The maximum Gasteiger partial charge on any atom is 0.163 e. The molecular formula is C23H21N3O2S. The summed E-state index contributed by atoms with van der Waals surface area (Å²) in [5.74, 6) is 3.18. The quantitative estimate of drug-likeness (QED) is 0.493. The third-order valence-corrected chi connectivity index (χ3v) is 6.19. The number of nitrogens with one attached hydrogen (secondary N) is 1. The van der Waals surface area contributed by atoms with E-state index in [0.29, 0.717) is 19.6 Å². The van der Waals surface area contributed by atoms with Gasteiger partial charge >= 0.3 is 0 Å². The highest BCUT2D eigenvalue weighted by molar-refractivity contribution is 7.18. The summed E-state index contributed by atoms with van der Waals surface area (Å²) >= 11 is 1.72. The van der Waals surface area contributed by atoms with Crippen LogP contribution in [0.15, 0.2) is 48.5 Å². The molecule has 0 unspecified atom stereocenters. The summed E-state index contributed by atoms with van der Waals surface area (Å²) in [5.41, 5.74) is 3.33. The van der Waals surface area contributed by atoms with E-state index in [4.69, 9.17) is 19.4 Å². The van der Waals surface area contributed by atoms with Crippen molar-refractivity contribution in [1.82, 2.24) is 9.97 Å². The van der Waals surface area contributed by atoms with E-state index in [1.165, 1.54) is 16.0 Å². The van der Waals surface area contributed by atoms with Crippen LogP contribution in [0.3, 0.4) is 0 Å². The molecule has 0 spiro atoms. The van der Waals surface area contributed by atoms with Crippen LogP contribution in [0, 0.1) is 13.8 Å². The minimum atomic E-state index is 0.568. The number of aromatic nitrogens is 2. The molecule has 1 aliphatic heterocycles. The van der Waals surface area contributed by atoms with Gasteiger partial charge in [-0.1, -0.05) is 30.3 Å². The van der Waals surface area contributed by atoms with Gasteiger partial charge in [0.25, 0.3) is 0 Å². The van der Waals surface area contributed by atoms with Crippen LogP contribution >= 0.6 is 11.3 Å². The lowest BCUT2D eigenvalue weighted by Gasteiger charge is -2.19. The Morgan fingerprint density at radius 2 is 1.76 bits per heavy atom. The zero-order valence-corrected chi connectivity index (χ0v) is 17.2. The lowest BCUT2D eigenvalue weighted by molar-refractivity contribution is 0.171. The highest BCUT2D eigenvalue weighted by Crippen LogP contribution is 2.37. The Balaban J connectivity index is 1.56. The molecule has 5 nitrogen and oxygen atoms in total. The number of anilines is 2. The van der Waals surface area contributed by atoms with Crippen molar-refractivity contribution in [3.05, 3.63) is 70.4 Å². The molecule has 6 heteroatoms. The first kappa shape index (κ1) is 17.9. The first-order valence-electron chi connectivity index (χ1n) is 9.64. The van der Waals surface area contributed by atoms with Gasteiger partial charge in [0.05, 0.1) is 5.39 Å². The van der Waals surface area contributed by atoms with Crippen LogP contribution in [-0.4, -0.2) is 23.2 Å². The second-order valence-electron chi connectivity index (χ2n) is 7.10. The summed E-state index contributed by atoms with van der Waals surface area (Å²) < 4.78 is 11.4. The summed E-state index contributed by atoms with van der Waals surface area (Å²) in [6, 6.07) is 16.2. The molecule has 0 bridgehead atoms. The predicted octanol–water partition coefficient (Wildman–Crippen LogP) is 5.41. The normalized spacial score (nSPS) is 12.9. The molecule has 0 amide bonds. The number of nitrogens with zero attached hydrogens (tertiary/aromatic N) is 2. The van der Waals surface area contributed by atoms with Crippen molar-refractivity contribution in [3.8, 4) is 11.5 Å². The van der Waals surface area contributed by atoms with Gasteiger partial charge in [-0.05, 0) is 37.1 Å². The van der Waals surface area contributed by atoms with Gasteiger partial charge in [0.1, 0.15) is 29.7 Å². The van der Waals surface area contributed by atoms with Crippen LogP contribution in [0.1, 0.15) is 21.8 Å². The van der Waals surface area contributed by atoms with Crippen molar-refractivity contribution in [2.24, 2.45) is 0 Å². The molecule has 2 aromatic carbocycles. The van der Waals surface area contributed by atoms with E-state index in [2.05, 4.69) is 31.3 Å². The van der Waals surface area contributed by atoms with Crippen molar-refractivity contribution in [2.45, 2.75) is 20.3 Å². The van der Waals surface area contributed by atoms with E-state index in [0.717, 1.165) is 39.0 Å². The molecule has 0 saturated heterocycles. The highest BCUT2D eigenvalue weighted by atomic mass is 32.1. The molecule has 3 heterocycles. The van der Waals surface area contributed by atoms with E-state index in [1.807, 2.05) is 36.4 Å². The largest absolute Gasteiger partial charge is 0.486 e. The molecular weight excluding hydrogens is 382 g/mol. The number of benzene rings is 2. The van der Waals surface area contributed by atoms with Gasteiger partial charge in [-0.2, -0.15) is 0 Å². The number of hydrogen-bond acceptors (Lipinski definition) is 6. The van der Waals surface area contributed by atoms with Gasteiger partial charge in [-0.15, -0.1) is 11.3 Å². The summed E-state index contributed by atoms with van der Waals surface area (Å²) in [5, 5.41) is 4.58. The number of rotatable bonds is 4. The molecule has 1 N–H and O–H groups in total. The standard InChI is InChI=1S/C23H21N3O2S/c1-14-15(2)29-23-21(14)22(25-20(26-23)12-16-6-4-3-5-7-16)24-17-8-9-18-19(13-17)28-11-10-27-18/h3-9,13H,10-12H2,1-2H3,(H,24,25,26). The number of ether oxygens (including phenoxy) is 2. The van der Waals surface area contributed by atoms with E-state index in [1.54, 1.807) is 11.3 Å². The second kappa shape index (κ2) is 7.37. The summed E-state index contributed by atoms with van der Waals surface area (Å²) in [7, 11) is 0. The minimum Gasteiger partial charge on any atom is -0.486 e. The number of hydrogen-bond donors (Lipinski definition) is 1. The number of fused-ring (bicyclic) bond motifs is 2. The van der Waals surface area contributed by atoms with E-state index >= 15 is 0 Å². The summed E-state index contributed by atoms with van der Waals surface area (Å²) in [6.07, 6.45) is 0.697. The Bertz CT molecular complexity index is 1190. The SMILES string of the molecule is Cc1sc2nc(Cc3ccccc3)nc(Nc3ccc4c(c3)OCCO4)c2c1C. The van der Waals surface area contributed by atoms with Crippen molar-refractivity contribution < 1.29 is 9.47 Å². The Kier molecular flexibility index (Phi) is 4.56. The Hall–Kier alpha value is -3.12. The van der Waals surface area contributed by atoms with Crippen LogP contribution in [0.5, 0.6) is 11.5 Å². The fourth-order valence-electron chi connectivity index (χ4n) is 3.50. The first-order valence-corrected chi connectivity index (χ1v) is 10.5. The summed E-state index contributed by atoms with van der Waals surface area (Å²) in [4.78, 5) is 12.0. The third-order valence-electron chi connectivity index (χ3n) is 5.08. The van der Waals surface area contributed by atoms with Gasteiger partial charge in [-0.25, -0.2) is 9.97 Å². The van der Waals surface area contributed by atoms with E-state index in [9.17, 15) is 0 Å². The monoisotopic (exact) mass is 403 g/mol.